The molecule has 92 valence electrons. The van der Waals surface area contributed by atoms with E-state index in [1.54, 1.807) is 0 Å². The van der Waals surface area contributed by atoms with Crippen LogP contribution in [0.1, 0.15) is 10.4 Å². The van der Waals surface area contributed by atoms with Crippen LogP contribution in [0.3, 0.4) is 0 Å². The van der Waals surface area contributed by atoms with Crippen molar-refractivity contribution in [2.75, 3.05) is 11.8 Å². The van der Waals surface area contributed by atoms with Gasteiger partial charge >= 0.3 is 5.97 Å². The molecule has 1 aromatic rings. The van der Waals surface area contributed by atoms with Crippen molar-refractivity contribution in [2.24, 2.45) is 0 Å². The largest absolute Gasteiger partial charge is 0.478 e. The first kappa shape index (κ1) is 13.2. The second-order valence-electron chi connectivity index (χ2n) is 2.75. The highest BCUT2D eigenvalue weighted by atomic mass is 32.2. The molecule has 0 heterocycles. The summed E-state index contributed by atoms with van der Waals surface area (Å²) in [6.07, 6.45) is 0. The van der Waals surface area contributed by atoms with E-state index < -0.39 is 10.9 Å². The molecule has 0 bridgehead atoms. The van der Waals surface area contributed by atoms with Gasteiger partial charge in [-0.1, -0.05) is 0 Å². The predicted octanol–water partition coefficient (Wildman–Crippen LogP) is 1.85. The molecule has 0 aliphatic heterocycles. The van der Waals surface area contributed by atoms with Crippen molar-refractivity contribution in [1.82, 2.24) is 0 Å². The standard InChI is InChI=1S/C8H8N2O6S/c1-15-16-17-9-6-2-5(8(11)12)3-7(4-6)10(13)14/h2-4,9H,1H3,(H,11,12). The number of carboxylic acids is 1. The highest BCUT2D eigenvalue weighted by Crippen LogP contribution is 2.23. The minimum atomic E-state index is -1.26. The molecule has 0 spiro atoms. The lowest BCUT2D eigenvalue weighted by atomic mass is 10.2. The summed E-state index contributed by atoms with van der Waals surface area (Å²) >= 11 is 0.659. The van der Waals surface area contributed by atoms with E-state index in [1.807, 2.05) is 0 Å². The van der Waals surface area contributed by atoms with Gasteiger partial charge in [-0.2, -0.15) is 0 Å². The Morgan fingerprint density at radius 1 is 1.53 bits per heavy atom. The number of hydrogen-bond acceptors (Lipinski definition) is 7. The number of nitrogens with one attached hydrogen (secondary N) is 1. The molecule has 0 aromatic heterocycles. The number of hydrogen-bond donors (Lipinski definition) is 2. The Labute approximate surface area is 99.9 Å². The highest BCUT2D eigenvalue weighted by molar-refractivity contribution is 7.95. The van der Waals surface area contributed by atoms with Gasteiger partial charge in [0, 0.05) is 12.1 Å². The lowest BCUT2D eigenvalue weighted by Gasteiger charge is -2.04. The maximum absolute atomic E-state index is 10.7. The number of non-ortho nitro benzene ring substituents is 1. The summed E-state index contributed by atoms with van der Waals surface area (Å²) in [5.74, 6) is -1.26. The first-order valence-electron chi connectivity index (χ1n) is 4.19. The minimum absolute atomic E-state index is 0.195. The van der Waals surface area contributed by atoms with Crippen LogP contribution in [-0.4, -0.2) is 23.1 Å². The molecule has 0 fully saturated rings. The molecule has 1 rings (SSSR count). The van der Waals surface area contributed by atoms with E-state index in [0.29, 0.717) is 12.2 Å². The van der Waals surface area contributed by atoms with Crippen LogP contribution < -0.4 is 4.72 Å². The topological polar surface area (TPSA) is 111 Å². The quantitative estimate of drug-likeness (QED) is 0.199. The Bertz CT molecular complexity index is 406. The molecule has 0 atom stereocenters. The molecule has 0 unspecified atom stereocenters. The van der Waals surface area contributed by atoms with E-state index >= 15 is 0 Å². The summed E-state index contributed by atoms with van der Waals surface area (Å²) in [6, 6.07) is 3.38. The third kappa shape index (κ3) is 3.90. The smallest absolute Gasteiger partial charge is 0.336 e. The Balaban J connectivity index is 2.95. The zero-order valence-electron chi connectivity index (χ0n) is 8.58. The predicted molar refractivity (Wildman–Crippen MR) is 59.4 cm³/mol. The summed E-state index contributed by atoms with van der Waals surface area (Å²) in [7, 11) is 1.28. The van der Waals surface area contributed by atoms with Gasteiger partial charge in [0.1, 0.15) is 12.2 Å². The van der Waals surface area contributed by atoms with Gasteiger partial charge in [0.15, 0.2) is 0 Å². The maximum Gasteiger partial charge on any atom is 0.336 e. The maximum atomic E-state index is 10.7. The van der Waals surface area contributed by atoms with Gasteiger partial charge in [0.2, 0.25) is 0 Å². The van der Waals surface area contributed by atoms with Gasteiger partial charge in [-0.05, 0) is 6.07 Å². The third-order valence-electron chi connectivity index (χ3n) is 1.64. The number of anilines is 1. The fourth-order valence-corrected chi connectivity index (χ4v) is 1.31. The van der Waals surface area contributed by atoms with Crippen molar-refractivity contribution in [2.45, 2.75) is 0 Å². The van der Waals surface area contributed by atoms with Gasteiger partial charge in [-0.3, -0.25) is 10.1 Å². The fraction of sp³-hybridized carbons (Fsp3) is 0.125. The van der Waals surface area contributed by atoms with E-state index in [1.165, 1.54) is 19.2 Å². The molecule has 0 aliphatic rings. The normalized spacial score (nSPS) is 9.94. The van der Waals surface area contributed by atoms with Crippen LogP contribution in [0.2, 0.25) is 0 Å². The van der Waals surface area contributed by atoms with Crippen LogP contribution in [0.5, 0.6) is 0 Å². The minimum Gasteiger partial charge on any atom is -0.478 e. The number of benzene rings is 1. The second kappa shape index (κ2) is 6.03. The van der Waals surface area contributed by atoms with E-state index in [4.69, 9.17) is 5.11 Å². The molecule has 0 radical (unpaired) electrons. The summed E-state index contributed by atoms with van der Waals surface area (Å²) < 4.78 is 6.96. The Morgan fingerprint density at radius 3 is 2.76 bits per heavy atom. The Morgan fingerprint density at radius 2 is 2.24 bits per heavy atom. The van der Waals surface area contributed by atoms with Crippen molar-refractivity contribution in [3.05, 3.63) is 33.9 Å². The van der Waals surface area contributed by atoms with E-state index in [0.717, 1.165) is 6.07 Å². The summed E-state index contributed by atoms with van der Waals surface area (Å²) in [5.41, 5.74) is -0.302. The molecule has 9 heteroatoms. The number of carboxylic acid groups (broad SMARTS) is 1. The second-order valence-corrected chi connectivity index (χ2v) is 3.26. The van der Waals surface area contributed by atoms with Crippen LogP contribution >= 0.6 is 12.2 Å². The van der Waals surface area contributed by atoms with Crippen LogP contribution in [0, 0.1) is 10.1 Å². The van der Waals surface area contributed by atoms with Crippen molar-refractivity contribution < 1.29 is 24.0 Å². The lowest BCUT2D eigenvalue weighted by Crippen LogP contribution is -2.00. The van der Waals surface area contributed by atoms with Crippen LogP contribution in [-0.2, 0) is 9.22 Å². The van der Waals surface area contributed by atoms with Crippen molar-refractivity contribution >= 4 is 29.6 Å². The van der Waals surface area contributed by atoms with Crippen LogP contribution in [0.25, 0.3) is 0 Å². The zero-order chi connectivity index (χ0) is 12.8. The third-order valence-corrected chi connectivity index (χ3v) is 2.16. The number of carbonyl (C=O) groups is 1. The van der Waals surface area contributed by atoms with Crippen LogP contribution in [0.15, 0.2) is 18.2 Å². The summed E-state index contributed by atoms with van der Waals surface area (Å²) in [4.78, 5) is 24.9. The van der Waals surface area contributed by atoms with Gasteiger partial charge in [-0.25, -0.2) is 9.68 Å². The molecular weight excluding hydrogens is 252 g/mol. The van der Waals surface area contributed by atoms with Gasteiger partial charge in [-0.15, -0.1) is 4.33 Å². The Kier molecular flexibility index (Phi) is 4.69. The molecule has 0 saturated carbocycles. The lowest BCUT2D eigenvalue weighted by molar-refractivity contribution is -0.384. The fourth-order valence-electron chi connectivity index (χ4n) is 0.998. The van der Waals surface area contributed by atoms with Crippen molar-refractivity contribution in [3.63, 3.8) is 0 Å². The molecule has 8 nitrogen and oxygen atoms in total. The molecular formula is C8H8N2O6S. The summed E-state index contributed by atoms with van der Waals surface area (Å²) in [5, 5.41) is 19.4. The summed E-state index contributed by atoms with van der Waals surface area (Å²) in [6.45, 7) is 0. The van der Waals surface area contributed by atoms with E-state index in [-0.39, 0.29) is 16.9 Å². The molecule has 17 heavy (non-hydrogen) atoms. The monoisotopic (exact) mass is 260 g/mol. The average molecular weight is 260 g/mol. The van der Waals surface area contributed by atoms with Crippen LogP contribution in [0.4, 0.5) is 11.4 Å². The Hall–Kier alpha value is -1.84. The first-order chi connectivity index (χ1) is 8.04. The van der Waals surface area contributed by atoms with Gasteiger partial charge in [0.25, 0.3) is 5.69 Å². The number of nitro groups is 1. The van der Waals surface area contributed by atoms with Gasteiger partial charge in [0.05, 0.1) is 23.3 Å². The number of rotatable bonds is 6. The van der Waals surface area contributed by atoms with E-state index in [2.05, 4.69) is 13.9 Å². The molecule has 2 N–H and O–H groups in total. The molecule has 0 amide bonds. The molecule has 0 saturated heterocycles. The SMILES string of the molecule is COOSNc1cc(C(=O)O)cc([N+](=O)[O-])c1. The zero-order valence-corrected chi connectivity index (χ0v) is 9.39. The van der Waals surface area contributed by atoms with E-state index in [9.17, 15) is 14.9 Å². The first-order valence-corrected chi connectivity index (χ1v) is 4.94. The molecule has 1 aromatic carbocycles. The molecule has 0 aliphatic carbocycles. The van der Waals surface area contributed by atoms with Gasteiger partial charge < -0.3 is 9.83 Å². The number of nitro benzene ring substituents is 1. The number of nitrogens with zero attached hydrogens (tertiary/aromatic N) is 1. The highest BCUT2D eigenvalue weighted by Gasteiger charge is 2.13. The average Bonchev–Trinajstić information content (AvgIpc) is 2.29. The van der Waals surface area contributed by atoms with Crippen molar-refractivity contribution in [1.29, 1.82) is 0 Å². The number of aromatic carboxylic acids is 1. The van der Waals surface area contributed by atoms with Crippen molar-refractivity contribution in [3.8, 4) is 0 Å².